The molecule has 0 aliphatic carbocycles. The quantitative estimate of drug-likeness (QED) is 0.877. The Kier molecular flexibility index (Phi) is 8.80. The normalized spacial score (nSPS) is 18.1. The minimum absolute atomic E-state index is 0. The van der Waals surface area contributed by atoms with Crippen LogP contribution in [0.5, 0.6) is 0 Å². The molecule has 2 rings (SSSR count). The zero-order chi connectivity index (χ0) is 12.1. The summed E-state index contributed by atoms with van der Waals surface area (Å²) in [7, 11) is 0. The van der Waals surface area contributed by atoms with Crippen molar-refractivity contribution in [3.05, 3.63) is 18.2 Å². The van der Waals surface area contributed by atoms with Gasteiger partial charge in [0.1, 0.15) is 5.82 Å². The van der Waals surface area contributed by atoms with Crippen LogP contribution in [-0.4, -0.2) is 35.1 Å². The second-order valence-electron chi connectivity index (χ2n) is 4.50. The first kappa shape index (κ1) is 18.2. The van der Waals surface area contributed by atoms with Crippen LogP contribution >= 0.6 is 24.8 Å². The molecule has 1 aliphatic heterocycles. The second-order valence-corrected chi connectivity index (χ2v) is 4.50. The average Bonchev–Trinajstić information content (AvgIpc) is 2.76. The van der Waals surface area contributed by atoms with Crippen molar-refractivity contribution in [2.24, 2.45) is 5.92 Å². The number of aromatic nitrogens is 2. The van der Waals surface area contributed by atoms with Crippen LogP contribution in [0.2, 0.25) is 0 Å². The van der Waals surface area contributed by atoms with Crippen molar-refractivity contribution >= 4 is 30.7 Å². The average molecular weight is 309 g/mol. The highest BCUT2D eigenvalue weighted by Gasteiger charge is 2.20. The van der Waals surface area contributed by atoms with Crippen LogP contribution in [0.4, 0.5) is 0 Å². The van der Waals surface area contributed by atoms with E-state index in [0.29, 0.717) is 6.54 Å². The minimum Gasteiger partial charge on any atom is -0.354 e. The number of rotatable bonds is 4. The van der Waals surface area contributed by atoms with Crippen LogP contribution in [-0.2, 0) is 11.3 Å². The number of carbonyl (C=O) groups excluding carboxylic acids is 1. The lowest BCUT2D eigenvalue weighted by atomic mass is 9.99. The SMILES string of the molecule is Cc1nccn1CCNC(=O)C1CCCNC1.Cl.Cl. The molecule has 0 saturated carbocycles. The summed E-state index contributed by atoms with van der Waals surface area (Å²) in [4.78, 5) is 16.0. The molecule has 110 valence electrons. The molecule has 0 spiro atoms. The number of hydrogen-bond acceptors (Lipinski definition) is 3. The number of piperidine rings is 1. The van der Waals surface area contributed by atoms with E-state index in [1.54, 1.807) is 6.20 Å². The molecular weight excluding hydrogens is 287 g/mol. The van der Waals surface area contributed by atoms with Crippen LogP contribution in [0.15, 0.2) is 12.4 Å². The fourth-order valence-electron chi connectivity index (χ4n) is 2.16. The third-order valence-electron chi connectivity index (χ3n) is 3.24. The van der Waals surface area contributed by atoms with Crippen molar-refractivity contribution in [1.82, 2.24) is 20.2 Å². The van der Waals surface area contributed by atoms with Crippen LogP contribution in [0.3, 0.4) is 0 Å². The maximum absolute atomic E-state index is 11.8. The minimum atomic E-state index is 0. The molecule has 0 bridgehead atoms. The van der Waals surface area contributed by atoms with Crippen molar-refractivity contribution in [3.63, 3.8) is 0 Å². The predicted octanol–water partition coefficient (Wildman–Crippen LogP) is 1.15. The van der Waals surface area contributed by atoms with Crippen molar-refractivity contribution < 1.29 is 4.79 Å². The maximum atomic E-state index is 11.8. The van der Waals surface area contributed by atoms with Gasteiger partial charge < -0.3 is 15.2 Å². The fourth-order valence-corrected chi connectivity index (χ4v) is 2.16. The van der Waals surface area contributed by atoms with Crippen molar-refractivity contribution in [2.75, 3.05) is 19.6 Å². The number of hydrogen-bond donors (Lipinski definition) is 2. The molecule has 1 unspecified atom stereocenters. The van der Waals surface area contributed by atoms with Crippen molar-refractivity contribution in [1.29, 1.82) is 0 Å². The van der Waals surface area contributed by atoms with Gasteiger partial charge in [-0.3, -0.25) is 4.79 Å². The van der Waals surface area contributed by atoms with Gasteiger partial charge in [0, 0.05) is 32.0 Å². The highest BCUT2D eigenvalue weighted by molar-refractivity contribution is 5.85. The molecule has 1 amide bonds. The number of nitrogens with zero attached hydrogens (tertiary/aromatic N) is 2. The van der Waals surface area contributed by atoms with Crippen LogP contribution in [0.25, 0.3) is 0 Å². The van der Waals surface area contributed by atoms with Crippen molar-refractivity contribution in [3.8, 4) is 0 Å². The van der Waals surface area contributed by atoms with Crippen LogP contribution in [0.1, 0.15) is 18.7 Å². The maximum Gasteiger partial charge on any atom is 0.224 e. The zero-order valence-electron chi connectivity index (χ0n) is 11.1. The molecule has 1 aromatic heterocycles. The lowest BCUT2D eigenvalue weighted by Crippen LogP contribution is -2.41. The topological polar surface area (TPSA) is 59.0 Å². The number of carbonyl (C=O) groups is 1. The summed E-state index contributed by atoms with van der Waals surface area (Å²) in [5, 5.41) is 6.24. The van der Waals surface area contributed by atoms with Gasteiger partial charge in [-0.1, -0.05) is 0 Å². The summed E-state index contributed by atoms with van der Waals surface area (Å²) in [6.45, 7) is 5.28. The van der Waals surface area contributed by atoms with Gasteiger partial charge in [-0.2, -0.15) is 0 Å². The standard InChI is InChI=1S/C12H20N4O.2ClH/c1-10-14-5-7-16(10)8-6-15-12(17)11-3-2-4-13-9-11;;/h5,7,11,13H,2-4,6,8-9H2,1H3,(H,15,17);2*1H. The van der Waals surface area contributed by atoms with Crippen LogP contribution < -0.4 is 10.6 Å². The molecule has 0 aromatic carbocycles. The summed E-state index contributed by atoms with van der Waals surface area (Å²) >= 11 is 0. The van der Waals surface area contributed by atoms with Gasteiger partial charge in [0.25, 0.3) is 0 Å². The summed E-state index contributed by atoms with van der Waals surface area (Å²) in [6.07, 6.45) is 5.81. The molecule has 1 aliphatic rings. The molecule has 1 saturated heterocycles. The molecule has 5 nitrogen and oxygen atoms in total. The van der Waals surface area contributed by atoms with E-state index in [4.69, 9.17) is 0 Å². The Morgan fingerprint density at radius 1 is 1.58 bits per heavy atom. The zero-order valence-corrected chi connectivity index (χ0v) is 12.7. The molecular formula is C12H22Cl2N4O. The monoisotopic (exact) mass is 308 g/mol. The molecule has 1 fully saturated rings. The van der Waals surface area contributed by atoms with E-state index in [2.05, 4.69) is 15.6 Å². The van der Waals surface area contributed by atoms with E-state index in [-0.39, 0.29) is 36.6 Å². The third-order valence-corrected chi connectivity index (χ3v) is 3.24. The van der Waals surface area contributed by atoms with E-state index < -0.39 is 0 Å². The number of aryl methyl sites for hydroxylation is 1. The first-order chi connectivity index (χ1) is 8.27. The van der Waals surface area contributed by atoms with Crippen molar-refractivity contribution in [2.45, 2.75) is 26.3 Å². The van der Waals surface area contributed by atoms with E-state index in [1.165, 1.54) is 0 Å². The molecule has 1 aromatic rings. The van der Waals surface area contributed by atoms with Gasteiger partial charge in [-0.15, -0.1) is 24.8 Å². The Hall–Kier alpha value is -0.780. The Bertz CT molecular complexity index is 378. The molecule has 1 atom stereocenters. The van der Waals surface area contributed by atoms with Gasteiger partial charge in [0.2, 0.25) is 5.91 Å². The fraction of sp³-hybridized carbons (Fsp3) is 0.667. The van der Waals surface area contributed by atoms with E-state index in [0.717, 1.165) is 38.3 Å². The van der Waals surface area contributed by atoms with Gasteiger partial charge in [0.15, 0.2) is 0 Å². The van der Waals surface area contributed by atoms with Crippen LogP contribution in [0, 0.1) is 12.8 Å². The lowest BCUT2D eigenvalue weighted by Gasteiger charge is -2.21. The van der Waals surface area contributed by atoms with E-state index >= 15 is 0 Å². The summed E-state index contributed by atoms with van der Waals surface area (Å²) < 4.78 is 2.04. The number of imidazole rings is 1. The Morgan fingerprint density at radius 3 is 2.95 bits per heavy atom. The second kappa shape index (κ2) is 9.18. The molecule has 7 heteroatoms. The summed E-state index contributed by atoms with van der Waals surface area (Å²) in [5.41, 5.74) is 0. The molecule has 2 N–H and O–H groups in total. The largest absolute Gasteiger partial charge is 0.354 e. The Morgan fingerprint density at radius 2 is 2.37 bits per heavy atom. The van der Waals surface area contributed by atoms with Gasteiger partial charge >= 0.3 is 0 Å². The number of halogens is 2. The van der Waals surface area contributed by atoms with Gasteiger partial charge in [-0.25, -0.2) is 4.98 Å². The van der Waals surface area contributed by atoms with E-state index in [9.17, 15) is 4.79 Å². The third kappa shape index (κ3) is 5.38. The van der Waals surface area contributed by atoms with Gasteiger partial charge in [-0.05, 0) is 26.3 Å². The summed E-state index contributed by atoms with van der Waals surface area (Å²) in [5.74, 6) is 1.31. The van der Waals surface area contributed by atoms with E-state index in [1.807, 2.05) is 17.7 Å². The molecule has 19 heavy (non-hydrogen) atoms. The van der Waals surface area contributed by atoms with Gasteiger partial charge in [0.05, 0.1) is 5.92 Å². The molecule has 0 radical (unpaired) electrons. The smallest absolute Gasteiger partial charge is 0.224 e. The lowest BCUT2D eigenvalue weighted by molar-refractivity contribution is -0.125. The predicted molar refractivity (Wildman–Crippen MR) is 80.1 cm³/mol. The highest BCUT2D eigenvalue weighted by Crippen LogP contribution is 2.09. The Labute approximate surface area is 126 Å². The molecule has 2 heterocycles. The Balaban J connectivity index is 0.00000162. The number of nitrogens with one attached hydrogen (secondary N) is 2. The first-order valence-corrected chi connectivity index (χ1v) is 6.23. The summed E-state index contributed by atoms with van der Waals surface area (Å²) in [6, 6.07) is 0. The first-order valence-electron chi connectivity index (χ1n) is 6.23. The highest BCUT2D eigenvalue weighted by atomic mass is 35.5. The number of amides is 1.